The summed E-state index contributed by atoms with van der Waals surface area (Å²) in [7, 11) is 0. The van der Waals surface area contributed by atoms with E-state index in [0.29, 0.717) is 13.0 Å². The quantitative estimate of drug-likeness (QED) is 0.788. The minimum atomic E-state index is -0.121. The summed E-state index contributed by atoms with van der Waals surface area (Å²) in [6, 6.07) is 10.4. The van der Waals surface area contributed by atoms with Crippen LogP contribution in [-0.2, 0) is 16.1 Å². The maximum Gasteiger partial charge on any atom is 0.223 e. The zero-order chi connectivity index (χ0) is 19.7. The molecule has 6 heteroatoms. The number of nitrogens with zero attached hydrogens (tertiary/aromatic N) is 3. The van der Waals surface area contributed by atoms with E-state index in [1.54, 1.807) is 11.3 Å². The van der Waals surface area contributed by atoms with Gasteiger partial charge >= 0.3 is 0 Å². The van der Waals surface area contributed by atoms with Crippen molar-refractivity contribution in [1.82, 2.24) is 14.8 Å². The highest BCUT2D eigenvalue weighted by Gasteiger charge is 2.46. The number of amides is 1. The molecule has 150 valence electrons. The first-order chi connectivity index (χ1) is 13.5. The molecule has 4 rings (SSSR count). The SMILES string of the molecule is Cc1nc(C)c(CN2CCOC[C@]3(CC(=O)N([C@@H](C)c4ccccc4)C3)C2)s1. The van der Waals surface area contributed by atoms with Gasteiger partial charge in [0.15, 0.2) is 0 Å². The molecule has 0 N–H and O–H groups in total. The second kappa shape index (κ2) is 7.93. The number of rotatable bonds is 4. The van der Waals surface area contributed by atoms with Gasteiger partial charge in [-0.25, -0.2) is 4.98 Å². The van der Waals surface area contributed by atoms with Crippen molar-refractivity contribution < 1.29 is 9.53 Å². The van der Waals surface area contributed by atoms with Crippen LogP contribution in [0, 0.1) is 19.3 Å². The first kappa shape index (κ1) is 19.6. The third-order valence-electron chi connectivity index (χ3n) is 5.99. The summed E-state index contributed by atoms with van der Waals surface area (Å²) in [6.45, 7) is 11.1. The van der Waals surface area contributed by atoms with E-state index in [2.05, 4.69) is 42.8 Å². The van der Waals surface area contributed by atoms with E-state index < -0.39 is 0 Å². The van der Waals surface area contributed by atoms with Crippen molar-refractivity contribution in [1.29, 1.82) is 0 Å². The Morgan fingerprint density at radius 3 is 2.75 bits per heavy atom. The molecule has 1 aromatic carbocycles. The molecule has 0 saturated carbocycles. The lowest BCUT2D eigenvalue weighted by molar-refractivity contribution is -0.129. The highest BCUT2D eigenvalue weighted by Crippen LogP contribution is 2.39. The zero-order valence-corrected chi connectivity index (χ0v) is 17.8. The van der Waals surface area contributed by atoms with Crippen molar-refractivity contribution in [2.24, 2.45) is 5.41 Å². The molecule has 28 heavy (non-hydrogen) atoms. The molecule has 2 aliphatic rings. The van der Waals surface area contributed by atoms with Crippen LogP contribution in [0.15, 0.2) is 30.3 Å². The fraction of sp³-hybridized carbons (Fsp3) is 0.545. The first-order valence-corrected chi connectivity index (χ1v) is 10.8. The van der Waals surface area contributed by atoms with Gasteiger partial charge in [-0.05, 0) is 26.3 Å². The van der Waals surface area contributed by atoms with Gasteiger partial charge in [-0.1, -0.05) is 30.3 Å². The van der Waals surface area contributed by atoms with Gasteiger partial charge in [-0.3, -0.25) is 9.69 Å². The van der Waals surface area contributed by atoms with Crippen molar-refractivity contribution in [3.05, 3.63) is 51.5 Å². The first-order valence-electron chi connectivity index (χ1n) is 10.0. The molecule has 2 aliphatic heterocycles. The molecule has 1 aromatic heterocycles. The van der Waals surface area contributed by atoms with E-state index in [4.69, 9.17) is 4.74 Å². The summed E-state index contributed by atoms with van der Waals surface area (Å²) in [6.07, 6.45) is 0.571. The largest absolute Gasteiger partial charge is 0.379 e. The van der Waals surface area contributed by atoms with Crippen molar-refractivity contribution in [3.63, 3.8) is 0 Å². The van der Waals surface area contributed by atoms with Crippen LogP contribution in [0.1, 0.15) is 40.5 Å². The Labute approximate surface area is 171 Å². The Balaban J connectivity index is 1.50. The van der Waals surface area contributed by atoms with E-state index in [-0.39, 0.29) is 17.4 Å². The normalized spacial score (nSPS) is 24.7. The van der Waals surface area contributed by atoms with Gasteiger partial charge in [0.2, 0.25) is 5.91 Å². The molecular weight excluding hydrogens is 370 g/mol. The van der Waals surface area contributed by atoms with E-state index in [1.807, 2.05) is 23.1 Å². The second-order valence-electron chi connectivity index (χ2n) is 8.29. The standard InChI is InChI=1S/C22H29N3O2S/c1-16-20(28-18(3)23-16)12-24-9-10-27-15-22(13-24)11-21(26)25(14-22)17(2)19-7-5-4-6-8-19/h4-8,17H,9-15H2,1-3H3/t17-,22+/m0/s1. The lowest BCUT2D eigenvalue weighted by Gasteiger charge is -2.32. The molecule has 2 aromatic rings. The molecule has 2 fully saturated rings. The minimum absolute atomic E-state index is 0.0937. The van der Waals surface area contributed by atoms with Crippen LogP contribution < -0.4 is 0 Å². The number of carbonyl (C=O) groups excluding carboxylic acids is 1. The average Bonchev–Trinajstić information content (AvgIpc) is 3.08. The molecule has 1 amide bonds. The van der Waals surface area contributed by atoms with Crippen molar-refractivity contribution in [3.8, 4) is 0 Å². The van der Waals surface area contributed by atoms with Crippen LogP contribution >= 0.6 is 11.3 Å². The van der Waals surface area contributed by atoms with Gasteiger partial charge in [0.25, 0.3) is 0 Å². The van der Waals surface area contributed by atoms with Crippen molar-refractivity contribution in [2.75, 3.05) is 32.8 Å². The van der Waals surface area contributed by atoms with Crippen LogP contribution in [0.3, 0.4) is 0 Å². The maximum absolute atomic E-state index is 12.9. The van der Waals surface area contributed by atoms with Crippen molar-refractivity contribution in [2.45, 2.75) is 39.8 Å². The van der Waals surface area contributed by atoms with E-state index in [0.717, 1.165) is 43.5 Å². The molecule has 5 nitrogen and oxygen atoms in total. The third kappa shape index (κ3) is 4.00. The number of aromatic nitrogens is 1. The summed E-state index contributed by atoms with van der Waals surface area (Å²) in [4.78, 5) is 23.3. The molecule has 0 unspecified atom stereocenters. The van der Waals surface area contributed by atoms with Crippen LogP contribution in [0.4, 0.5) is 0 Å². The lowest BCUT2D eigenvalue weighted by atomic mass is 9.87. The number of thiazole rings is 1. The van der Waals surface area contributed by atoms with Gasteiger partial charge in [0.1, 0.15) is 0 Å². The Hall–Kier alpha value is -1.76. The van der Waals surface area contributed by atoms with Gasteiger partial charge in [-0.2, -0.15) is 0 Å². The molecule has 1 spiro atoms. The highest BCUT2D eigenvalue weighted by molar-refractivity contribution is 7.11. The van der Waals surface area contributed by atoms with E-state index in [1.165, 1.54) is 10.4 Å². The second-order valence-corrected chi connectivity index (χ2v) is 9.58. The van der Waals surface area contributed by atoms with Crippen molar-refractivity contribution >= 4 is 17.2 Å². The number of ether oxygens (including phenoxy) is 1. The summed E-state index contributed by atoms with van der Waals surface area (Å²) in [5.74, 6) is 0.242. The number of carbonyl (C=O) groups is 1. The maximum atomic E-state index is 12.9. The van der Waals surface area contributed by atoms with Gasteiger partial charge in [0, 0.05) is 42.9 Å². The zero-order valence-electron chi connectivity index (χ0n) is 17.0. The Kier molecular flexibility index (Phi) is 5.54. The monoisotopic (exact) mass is 399 g/mol. The fourth-order valence-electron chi connectivity index (χ4n) is 4.53. The topological polar surface area (TPSA) is 45.7 Å². The number of hydrogen-bond acceptors (Lipinski definition) is 5. The molecule has 2 atom stereocenters. The highest BCUT2D eigenvalue weighted by atomic mass is 32.1. The van der Waals surface area contributed by atoms with Crippen LogP contribution in [-0.4, -0.2) is 53.5 Å². The minimum Gasteiger partial charge on any atom is -0.379 e. The van der Waals surface area contributed by atoms with Crippen LogP contribution in [0.5, 0.6) is 0 Å². The fourth-order valence-corrected chi connectivity index (χ4v) is 5.51. The predicted octanol–water partition coefficient (Wildman–Crippen LogP) is 3.57. The van der Waals surface area contributed by atoms with Gasteiger partial charge < -0.3 is 9.64 Å². The molecule has 2 saturated heterocycles. The Morgan fingerprint density at radius 2 is 2.04 bits per heavy atom. The van der Waals surface area contributed by atoms with Gasteiger partial charge in [-0.15, -0.1) is 11.3 Å². The summed E-state index contributed by atoms with van der Waals surface area (Å²) in [5, 5.41) is 1.12. The lowest BCUT2D eigenvalue weighted by Crippen LogP contribution is -2.40. The number of likely N-dealkylation sites (tertiary alicyclic amines) is 1. The summed E-state index contributed by atoms with van der Waals surface area (Å²) < 4.78 is 5.98. The molecule has 0 bridgehead atoms. The van der Waals surface area contributed by atoms with E-state index >= 15 is 0 Å². The number of aryl methyl sites for hydroxylation is 2. The number of benzene rings is 1. The third-order valence-corrected chi connectivity index (χ3v) is 7.05. The predicted molar refractivity (Wildman–Crippen MR) is 111 cm³/mol. The van der Waals surface area contributed by atoms with Crippen LogP contribution in [0.25, 0.3) is 0 Å². The Morgan fingerprint density at radius 1 is 1.25 bits per heavy atom. The van der Waals surface area contributed by atoms with Gasteiger partial charge in [0.05, 0.1) is 30.0 Å². The molecule has 0 radical (unpaired) electrons. The van der Waals surface area contributed by atoms with Crippen LogP contribution in [0.2, 0.25) is 0 Å². The molecule has 3 heterocycles. The van der Waals surface area contributed by atoms with E-state index in [9.17, 15) is 4.79 Å². The number of hydrogen-bond donors (Lipinski definition) is 0. The smallest absolute Gasteiger partial charge is 0.223 e. The summed E-state index contributed by atoms with van der Waals surface area (Å²) >= 11 is 1.78. The molecular formula is C22H29N3O2S. The molecule has 0 aliphatic carbocycles. The Bertz CT molecular complexity index is 838. The summed E-state index contributed by atoms with van der Waals surface area (Å²) in [5.41, 5.74) is 2.20. The average molecular weight is 400 g/mol.